The van der Waals surface area contributed by atoms with Gasteiger partial charge in [0.05, 0.1) is 0 Å². The lowest BCUT2D eigenvalue weighted by molar-refractivity contribution is -1.04. The molecule has 11 spiro atoms. The highest BCUT2D eigenvalue weighted by Gasteiger charge is 3.48. The summed E-state index contributed by atoms with van der Waals surface area (Å²) in [6.07, 6.45) is 10.5. The summed E-state index contributed by atoms with van der Waals surface area (Å²) < 4.78 is 0. The quantitative estimate of drug-likeness (QED) is 0.610. The van der Waals surface area contributed by atoms with Gasteiger partial charge in [-0.05, 0) is 169 Å². The highest BCUT2D eigenvalue weighted by atomic mass is 15.5. The summed E-state index contributed by atoms with van der Waals surface area (Å²) >= 11 is 0. The fraction of sp³-hybridized carbons (Fsp3) is 1.00. The lowest BCUT2D eigenvalue weighted by atomic mass is 8.54. The van der Waals surface area contributed by atoms with E-state index in [1.165, 1.54) is 76.9 Å². The smallest absolute Gasteiger partial charge is 0.00192 e. The topological polar surface area (TPSA) is 0 Å². The van der Waals surface area contributed by atoms with Crippen molar-refractivity contribution in [1.29, 1.82) is 0 Å². The van der Waals surface area contributed by atoms with Crippen molar-refractivity contribution in [3.63, 3.8) is 0 Å². The minimum atomic E-state index is 1.00. The number of rotatable bonds is 1. The van der Waals surface area contributed by atoms with Crippen molar-refractivity contribution in [1.82, 2.24) is 0 Å². The number of hydrogen-bond acceptors (Lipinski definition) is 0. The maximum atomic E-state index is 2.61. The molecule has 31 heavy (non-hydrogen) atoms. The van der Waals surface area contributed by atoms with Gasteiger partial charge < -0.3 is 0 Å². The summed E-state index contributed by atoms with van der Waals surface area (Å²) in [5, 5.41) is 0. The van der Waals surface area contributed by atoms with E-state index >= 15 is 0 Å². The summed E-state index contributed by atoms with van der Waals surface area (Å²) in [5.41, 5.74) is 11.8. The molecule has 0 aromatic heterocycles. The Bertz CT molecular complexity index is 1510. The van der Waals surface area contributed by atoms with Gasteiger partial charge in [-0.15, -0.1) is 0 Å². The van der Waals surface area contributed by atoms with Crippen LogP contribution < -0.4 is 0 Å². The Balaban J connectivity index is 1.09. The van der Waals surface area contributed by atoms with Crippen molar-refractivity contribution in [3.8, 4) is 0 Å². The van der Waals surface area contributed by atoms with Crippen LogP contribution in [0.4, 0.5) is 0 Å². The van der Waals surface area contributed by atoms with Crippen LogP contribution in [-0.2, 0) is 0 Å². The highest BCUT2D eigenvalue weighted by Crippen LogP contribution is 3.50. The predicted octanol–water partition coefficient (Wildman–Crippen LogP) is 4.45. The zero-order valence-electron chi connectivity index (χ0n) is 18.2. The second-order valence-corrected chi connectivity index (χ2v) is 18.5. The molecule has 18 aliphatic carbocycles. The molecule has 18 rings (SSSR count). The lowest BCUT2D eigenvalue weighted by Crippen LogP contribution is -3.47. The largest absolute Gasteiger partial charge is 0.0651 e. The van der Waals surface area contributed by atoms with Gasteiger partial charge >= 0.3 is 0 Å². The Morgan fingerprint density at radius 1 is 0.710 bits per heavy atom. The molecule has 0 heterocycles. The first-order chi connectivity index (χ1) is 15.3. The molecule has 0 N–H and O–H groups in total. The van der Waals surface area contributed by atoms with Crippen molar-refractivity contribution in [2.45, 2.75) is 45.4 Å². The van der Waals surface area contributed by atoms with E-state index in [2.05, 4.69) is 6.92 Å². The number of hydrogen-bond donors (Lipinski definition) is 0. The van der Waals surface area contributed by atoms with E-state index < -0.39 is 0 Å². The van der Waals surface area contributed by atoms with Gasteiger partial charge in [0.1, 0.15) is 0 Å². The Hall–Kier alpha value is 0. The molecule has 0 saturated heterocycles. The van der Waals surface area contributed by atoms with E-state index in [-0.39, 0.29) is 0 Å². The first-order valence-corrected chi connectivity index (χ1v) is 15.3. The van der Waals surface area contributed by atoms with Crippen molar-refractivity contribution in [3.05, 3.63) is 0 Å². The summed E-state index contributed by atoms with van der Waals surface area (Å²) in [6.45, 7) is 2.61. The number of fused-ring (bicyclic) bond motifs is 6. The van der Waals surface area contributed by atoms with Gasteiger partial charge in [0.25, 0.3) is 0 Å². The molecule has 152 valence electrons. The van der Waals surface area contributed by atoms with E-state index in [4.69, 9.17) is 0 Å². The third-order valence-electron chi connectivity index (χ3n) is 23.3. The zero-order chi connectivity index (χ0) is 18.2. The molecule has 24 atom stereocenters. The summed E-state index contributed by atoms with van der Waals surface area (Å²) in [6, 6.07) is 0. The van der Waals surface area contributed by atoms with Crippen molar-refractivity contribution in [2.24, 2.45) is 136 Å². The monoisotopic (exact) mass is 400 g/mol. The van der Waals surface area contributed by atoms with Crippen molar-refractivity contribution in [2.75, 3.05) is 0 Å². The lowest BCUT2D eigenvalue weighted by Gasteiger charge is -3.49. The maximum Gasteiger partial charge on any atom is -0.00192 e. The van der Waals surface area contributed by atoms with Gasteiger partial charge in [-0.25, -0.2) is 0 Å². The molecule has 18 aliphatic rings. The molecular weight excluding hydrogens is 372 g/mol. The molecular formula is C31H28. The molecule has 0 amide bonds. The average Bonchev–Trinajstić information content (AvgIpc) is 2.65. The van der Waals surface area contributed by atoms with E-state index in [0.29, 0.717) is 0 Å². The molecule has 0 aromatic rings. The van der Waals surface area contributed by atoms with Gasteiger partial charge in [-0.1, -0.05) is 13.3 Å². The van der Waals surface area contributed by atoms with Crippen LogP contribution in [0.15, 0.2) is 0 Å². The van der Waals surface area contributed by atoms with Crippen LogP contribution in [0.2, 0.25) is 0 Å². The van der Waals surface area contributed by atoms with Crippen LogP contribution in [0.5, 0.6) is 0 Å². The first-order valence-electron chi connectivity index (χ1n) is 15.3. The molecule has 0 radical (unpaired) electrons. The minimum absolute atomic E-state index is 1.00. The molecule has 0 heteroatoms. The van der Waals surface area contributed by atoms with Crippen LogP contribution in [0.25, 0.3) is 0 Å². The van der Waals surface area contributed by atoms with Crippen LogP contribution in [-0.4, -0.2) is 0 Å². The minimum Gasteiger partial charge on any atom is -0.0651 e. The predicted molar refractivity (Wildman–Crippen MR) is 106 cm³/mol. The van der Waals surface area contributed by atoms with Crippen LogP contribution >= 0.6 is 0 Å². The molecule has 0 bridgehead atoms. The van der Waals surface area contributed by atoms with Gasteiger partial charge in [-0.2, -0.15) is 0 Å². The van der Waals surface area contributed by atoms with Crippen LogP contribution in [0.1, 0.15) is 45.4 Å². The standard InChI is InChI=1S/C31H28/c1-2-9-13-11-5-12-19-22-7-8-6-21-4-3-10-15-18-17-14(9)24(13)23(11,12)29(19)27(17,24)28(18)25(15)16(10)20(21)30(25,26(8,21)22)31(22,28)29/h8-20H,2-7H2,1H3/t8-,9-,10-,11+,12+,13-,14+,15+,16+,17-,18+,19-,20+,21+,22+,23?,24?,25-,26+,27?,28-,29?,30+,31+/m0/s1. The van der Waals surface area contributed by atoms with Gasteiger partial charge in [0, 0.05) is 0 Å². The molecule has 18 fully saturated rings. The fourth-order valence-electron chi connectivity index (χ4n) is 28.2. The maximum absolute atomic E-state index is 2.61. The van der Waals surface area contributed by atoms with E-state index in [9.17, 15) is 0 Å². The molecule has 0 nitrogen and oxygen atoms in total. The third-order valence-corrected chi connectivity index (χ3v) is 23.3. The van der Waals surface area contributed by atoms with Crippen LogP contribution in [0.3, 0.4) is 0 Å². The Kier molecular flexibility index (Phi) is 0.800. The molecule has 0 aliphatic heterocycles. The van der Waals surface area contributed by atoms with Gasteiger partial charge in [-0.3, -0.25) is 0 Å². The van der Waals surface area contributed by atoms with Crippen molar-refractivity contribution < 1.29 is 0 Å². The second kappa shape index (κ2) is 2.05. The molecule has 18 saturated carbocycles. The molecule has 4 unspecified atom stereocenters. The Morgan fingerprint density at radius 2 is 1.61 bits per heavy atom. The normalized spacial score (nSPS) is 118. The molecule has 0 aromatic carbocycles. The second-order valence-electron chi connectivity index (χ2n) is 18.5. The van der Waals surface area contributed by atoms with E-state index in [1.54, 1.807) is 32.1 Å². The van der Waals surface area contributed by atoms with E-state index in [0.717, 1.165) is 59.6 Å². The summed E-state index contributed by atoms with van der Waals surface area (Å²) in [5.74, 6) is 17.2. The Labute approximate surface area is 182 Å². The van der Waals surface area contributed by atoms with Crippen molar-refractivity contribution >= 4 is 0 Å². The average molecular weight is 401 g/mol. The fourth-order valence-corrected chi connectivity index (χ4v) is 28.2. The highest BCUT2D eigenvalue weighted by molar-refractivity contribution is 5.93. The Morgan fingerprint density at radius 3 is 2.52 bits per heavy atom. The van der Waals surface area contributed by atoms with Gasteiger partial charge in [0.15, 0.2) is 0 Å². The third kappa shape index (κ3) is 0.332. The van der Waals surface area contributed by atoms with Gasteiger partial charge in [0.2, 0.25) is 0 Å². The SMILES string of the molecule is CC[C@@H]1[C@@H]2[C@H]3[C@H]4[C@H]5[C@@H]6CC[C@@]78C[C@H]9C[C@@]%10%11[C@@H]%12[C@H]%13C[C@@H]%14[C@H]1C21C%14%13C%122C31[C@@]41[C@@]53[C@H]6[C@H]7[C@@]3([C@]98%10)[C@]2%111. The summed E-state index contributed by atoms with van der Waals surface area (Å²) in [7, 11) is 0. The zero-order valence-corrected chi connectivity index (χ0v) is 18.2. The van der Waals surface area contributed by atoms with E-state index in [1.807, 2.05) is 6.42 Å². The van der Waals surface area contributed by atoms with Crippen LogP contribution in [0, 0.1) is 136 Å². The summed E-state index contributed by atoms with van der Waals surface area (Å²) in [4.78, 5) is 0. The first kappa shape index (κ1) is 12.1.